The molecule has 1 heterocycles. The first-order valence-electron chi connectivity index (χ1n) is 4.33. The van der Waals surface area contributed by atoms with Gasteiger partial charge in [0.25, 0.3) is 0 Å². The third-order valence-corrected chi connectivity index (χ3v) is 2.88. The first-order chi connectivity index (χ1) is 5.27. The van der Waals surface area contributed by atoms with Crippen LogP contribution in [0.5, 0.6) is 0 Å². The summed E-state index contributed by atoms with van der Waals surface area (Å²) in [5.74, 6) is 1.57. The summed E-state index contributed by atoms with van der Waals surface area (Å²) in [4.78, 5) is 2.41. The Morgan fingerprint density at radius 1 is 1.64 bits per heavy atom. The van der Waals surface area contributed by atoms with Crippen LogP contribution in [0.25, 0.3) is 0 Å². The van der Waals surface area contributed by atoms with Gasteiger partial charge in [0.15, 0.2) is 0 Å². The lowest BCUT2D eigenvalue weighted by Gasteiger charge is -2.27. The average Bonchev–Trinajstić information content (AvgIpc) is 2.33. The van der Waals surface area contributed by atoms with Crippen molar-refractivity contribution in [1.29, 1.82) is 0 Å². The molecule has 2 aliphatic rings. The van der Waals surface area contributed by atoms with Gasteiger partial charge in [0.1, 0.15) is 0 Å². The number of nitrogens with zero attached hydrogens (tertiary/aromatic N) is 1. The lowest BCUT2D eigenvalue weighted by Crippen LogP contribution is -2.22. The van der Waals surface area contributed by atoms with E-state index < -0.39 is 0 Å². The summed E-state index contributed by atoms with van der Waals surface area (Å²) in [6, 6.07) is 0. The van der Waals surface area contributed by atoms with Gasteiger partial charge in [0, 0.05) is 12.5 Å². The zero-order valence-electron chi connectivity index (χ0n) is 7.09. The van der Waals surface area contributed by atoms with Gasteiger partial charge >= 0.3 is 0 Å². The minimum absolute atomic E-state index is 0.708. The minimum Gasteiger partial charge on any atom is -0.306 e. The number of likely N-dealkylation sites (tertiary alicyclic amines) is 1. The fourth-order valence-corrected chi connectivity index (χ4v) is 2.07. The van der Waals surface area contributed by atoms with Crippen LogP contribution in [0, 0.1) is 11.8 Å². The van der Waals surface area contributed by atoms with Crippen LogP contribution in [0.2, 0.25) is 0 Å². The Hall–Kier alpha value is -0.560. The molecule has 11 heavy (non-hydrogen) atoms. The first-order valence-corrected chi connectivity index (χ1v) is 4.33. The maximum atomic E-state index is 4.01. The van der Waals surface area contributed by atoms with Gasteiger partial charge in [0.05, 0.1) is 0 Å². The Morgan fingerprint density at radius 2 is 2.45 bits per heavy atom. The number of hydrogen-bond donors (Lipinski definition) is 0. The summed E-state index contributed by atoms with van der Waals surface area (Å²) in [6.45, 7) is 6.53. The van der Waals surface area contributed by atoms with Crippen molar-refractivity contribution < 1.29 is 0 Å². The summed E-state index contributed by atoms with van der Waals surface area (Å²) < 4.78 is 0. The Labute approximate surface area is 68.4 Å². The molecule has 0 aromatic heterocycles. The zero-order chi connectivity index (χ0) is 7.84. The fraction of sp³-hybridized carbons (Fsp3) is 0.600. The number of rotatable bonds is 1. The molecule has 0 radical (unpaired) electrons. The van der Waals surface area contributed by atoms with Gasteiger partial charge in [-0.05, 0) is 31.5 Å². The highest BCUT2D eigenvalue weighted by Crippen LogP contribution is 2.35. The van der Waals surface area contributed by atoms with Gasteiger partial charge in [0.2, 0.25) is 0 Å². The van der Waals surface area contributed by atoms with Crippen molar-refractivity contribution in [3.63, 3.8) is 0 Å². The highest BCUT2D eigenvalue weighted by molar-refractivity contribution is 5.34. The van der Waals surface area contributed by atoms with Crippen LogP contribution in [0.3, 0.4) is 0 Å². The van der Waals surface area contributed by atoms with Crippen LogP contribution in [-0.4, -0.2) is 25.0 Å². The molecule has 0 spiro atoms. The van der Waals surface area contributed by atoms with Crippen LogP contribution in [0.1, 0.15) is 6.42 Å². The van der Waals surface area contributed by atoms with Gasteiger partial charge in [-0.25, -0.2) is 0 Å². The Kier molecular flexibility index (Phi) is 1.61. The summed E-state index contributed by atoms with van der Waals surface area (Å²) in [6.07, 6.45) is 5.79. The van der Waals surface area contributed by atoms with Crippen molar-refractivity contribution in [3.05, 3.63) is 24.3 Å². The van der Waals surface area contributed by atoms with E-state index in [1.54, 1.807) is 0 Å². The maximum Gasteiger partial charge on any atom is 0.00561 e. The number of hydrogen-bond acceptors (Lipinski definition) is 1. The van der Waals surface area contributed by atoms with Crippen LogP contribution < -0.4 is 0 Å². The summed E-state index contributed by atoms with van der Waals surface area (Å²) in [7, 11) is 2.20. The third kappa shape index (κ3) is 1.14. The van der Waals surface area contributed by atoms with Crippen LogP contribution in [-0.2, 0) is 0 Å². The maximum absolute atomic E-state index is 4.01. The average molecular weight is 149 g/mol. The number of allylic oxidation sites excluding steroid dienone is 3. The molecule has 0 saturated carbocycles. The molecule has 0 bridgehead atoms. The smallest absolute Gasteiger partial charge is 0.00561 e. The van der Waals surface area contributed by atoms with Crippen molar-refractivity contribution >= 4 is 0 Å². The van der Waals surface area contributed by atoms with Crippen LogP contribution >= 0.6 is 0 Å². The molecule has 1 aliphatic carbocycles. The van der Waals surface area contributed by atoms with Gasteiger partial charge < -0.3 is 4.90 Å². The SMILES string of the molecule is C=C1C=CC1C1CCN(C)C1. The molecule has 0 amide bonds. The van der Waals surface area contributed by atoms with Crippen LogP contribution in [0.15, 0.2) is 24.3 Å². The molecule has 1 nitrogen and oxygen atoms in total. The van der Waals surface area contributed by atoms with Gasteiger partial charge in [-0.3, -0.25) is 0 Å². The quantitative estimate of drug-likeness (QED) is 0.548. The lowest BCUT2D eigenvalue weighted by atomic mass is 9.79. The van der Waals surface area contributed by atoms with E-state index in [2.05, 4.69) is 30.7 Å². The van der Waals surface area contributed by atoms with E-state index in [4.69, 9.17) is 0 Å². The molecule has 60 valence electrons. The van der Waals surface area contributed by atoms with Crippen molar-refractivity contribution in [1.82, 2.24) is 4.90 Å². The Bertz CT molecular complexity index is 205. The molecule has 1 fully saturated rings. The lowest BCUT2D eigenvalue weighted by molar-refractivity contribution is 0.371. The van der Waals surface area contributed by atoms with Crippen LogP contribution in [0.4, 0.5) is 0 Å². The summed E-state index contributed by atoms with van der Waals surface area (Å²) in [5, 5.41) is 0. The molecule has 2 atom stereocenters. The van der Waals surface area contributed by atoms with E-state index in [-0.39, 0.29) is 0 Å². The summed E-state index contributed by atoms with van der Waals surface area (Å²) in [5.41, 5.74) is 1.34. The highest BCUT2D eigenvalue weighted by atomic mass is 15.1. The molecule has 2 unspecified atom stereocenters. The summed E-state index contributed by atoms with van der Waals surface area (Å²) >= 11 is 0. The predicted molar refractivity (Wildman–Crippen MR) is 47.4 cm³/mol. The third-order valence-electron chi connectivity index (χ3n) is 2.88. The zero-order valence-corrected chi connectivity index (χ0v) is 7.09. The van der Waals surface area contributed by atoms with Crippen molar-refractivity contribution in [3.8, 4) is 0 Å². The molecule has 1 heteroatoms. The first kappa shape index (κ1) is 7.11. The molecule has 1 aliphatic heterocycles. The van der Waals surface area contributed by atoms with Crippen molar-refractivity contribution in [2.45, 2.75) is 6.42 Å². The monoisotopic (exact) mass is 149 g/mol. The van der Waals surface area contributed by atoms with Crippen molar-refractivity contribution in [2.24, 2.45) is 11.8 Å². The van der Waals surface area contributed by atoms with E-state index in [0.717, 1.165) is 5.92 Å². The Balaban J connectivity index is 1.97. The van der Waals surface area contributed by atoms with E-state index in [1.807, 2.05) is 0 Å². The highest BCUT2D eigenvalue weighted by Gasteiger charge is 2.30. The molecule has 0 N–H and O–H groups in total. The topological polar surface area (TPSA) is 3.24 Å². The second kappa shape index (κ2) is 2.49. The van der Waals surface area contributed by atoms with Gasteiger partial charge in [-0.2, -0.15) is 0 Å². The van der Waals surface area contributed by atoms with E-state index in [1.165, 1.54) is 25.1 Å². The normalized spacial score (nSPS) is 37.7. The van der Waals surface area contributed by atoms with Crippen molar-refractivity contribution in [2.75, 3.05) is 20.1 Å². The second-order valence-electron chi connectivity index (χ2n) is 3.77. The largest absolute Gasteiger partial charge is 0.306 e. The Morgan fingerprint density at radius 3 is 2.82 bits per heavy atom. The molecule has 2 rings (SSSR count). The van der Waals surface area contributed by atoms with Gasteiger partial charge in [-0.15, -0.1) is 0 Å². The van der Waals surface area contributed by atoms with E-state index in [9.17, 15) is 0 Å². The van der Waals surface area contributed by atoms with E-state index >= 15 is 0 Å². The fourth-order valence-electron chi connectivity index (χ4n) is 2.07. The molecular weight excluding hydrogens is 134 g/mol. The molecular formula is C10H15N. The standard InChI is InChI=1S/C10H15N/c1-8-3-4-10(8)9-5-6-11(2)7-9/h3-4,9-10H,1,5-7H2,2H3. The van der Waals surface area contributed by atoms with Gasteiger partial charge in [-0.1, -0.05) is 18.7 Å². The molecule has 0 aromatic carbocycles. The predicted octanol–water partition coefficient (Wildman–Crippen LogP) is 1.68. The molecule has 0 aromatic rings. The minimum atomic E-state index is 0.708. The second-order valence-corrected chi connectivity index (χ2v) is 3.77. The molecule has 1 saturated heterocycles. The van der Waals surface area contributed by atoms with E-state index in [0.29, 0.717) is 5.92 Å².